The van der Waals surface area contributed by atoms with Crippen molar-refractivity contribution in [2.45, 2.75) is 32.0 Å². The Hall–Kier alpha value is -0.650. The van der Waals surface area contributed by atoms with Crippen molar-refractivity contribution >= 4 is 5.91 Å². The number of amides is 1. The van der Waals surface area contributed by atoms with E-state index in [0.29, 0.717) is 13.2 Å². The highest BCUT2D eigenvalue weighted by molar-refractivity contribution is 5.79. The van der Waals surface area contributed by atoms with Crippen LogP contribution in [0.15, 0.2) is 0 Å². The fraction of sp³-hybridized carbons (Fsp3) is 0.917. The zero-order valence-corrected chi connectivity index (χ0v) is 10.4. The van der Waals surface area contributed by atoms with Crippen molar-refractivity contribution in [1.29, 1.82) is 0 Å². The highest BCUT2D eigenvalue weighted by Crippen LogP contribution is 2.23. The number of rotatable bonds is 4. The maximum atomic E-state index is 12.0. The lowest BCUT2D eigenvalue weighted by atomic mass is 9.98. The summed E-state index contributed by atoms with van der Waals surface area (Å²) in [6, 6.07) is 0. The Morgan fingerprint density at radius 2 is 2.29 bits per heavy atom. The molecule has 2 aliphatic heterocycles. The molecule has 0 aromatic rings. The van der Waals surface area contributed by atoms with Crippen LogP contribution in [0.4, 0.5) is 0 Å². The van der Waals surface area contributed by atoms with Crippen LogP contribution in [0.5, 0.6) is 0 Å². The van der Waals surface area contributed by atoms with Crippen LogP contribution in [0.25, 0.3) is 0 Å². The topological polar surface area (TPSA) is 59.6 Å². The molecule has 5 nitrogen and oxygen atoms in total. The molecule has 0 aromatic heterocycles. The van der Waals surface area contributed by atoms with Gasteiger partial charge in [-0.15, -0.1) is 0 Å². The van der Waals surface area contributed by atoms with Gasteiger partial charge >= 0.3 is 0 Å². The number of carbonyl (C=O) groups is 1. The van der Waals surface area contributed by atoms with Crippen molar-refractivity contribution in [2.75, 3.05) is 32.8 Å². The molecule has 3 atom stereocenters. The number of morpholine rings is 1. The molecular formula is C12H22N2O3. The zero-order chi connectivity index (χ0) is 12.1. The Morgan fingerprint density at radius 3 is 3.00 bits per heavy atom. The SMILES string of the molecule is CCC1OCCC1C(=O)NCC1CNCCO1. The number of ether oxygens (including phenoxy) is 2. The van der Waals surface area contributed by atoms with Gasteiger partial charge in [0.2, 0.25) is 5.91 Å². The lowest BCUT2D eigenvalue weighted by molar-refractivity contribution is -0.127. The van der Waals surface area contributed by atoms with Gasteiger partial charge < -0.3 is 20.1 Å². The Balaban J connectivity index is 1.72. The molecule has 0 aliphatic carbocycles. The van der Waals surface area contributed by atoms with Crippen molar-refractivity contribution in [1.82, 2.24) is 10.6 Å². The summed E-state index contributed by atoms with van der Waals surface area (Å²) in [5.74, 6) is 0.139. The van der Waals surface area contributed by atoms with Gasteiger partial charge in [0.1, 0.15) is 0 Å². The van der Waals surface area contributed by atoms with Crippen LogP contribution in [-0.4, -0.2) is 51.0 Å². The normalized spacial score (nSPS) is 33.6. The molecule has 17 heavy (non-hydrogen) atoms. The molecule has 2 fully saturated rings. The summed E-state index contributed by atoms with van der Waals surface area (Å²) in [5, 5.41) is 6.22. The molecule has 3 unspecified atom stereocenters. The lowest BCUT2D eigenvalue weighted by Crippen LogP contribution is -2.46. The van der Waals surface area contributed by atoms with E-state index < -0.39 is 0 Å². The number of carbonyl (C=O) groups excluding carboxylic acids is 1. The van der Waals surface area contributed by atoms with Gasteiger partial charge in [0.25, 0.3) is 0 Å². The first kappa shape index (κ1) is 12.8. The van der Waals surface area contributed by atoms with E-state index in [-0.39, 0.29) is 24.0 Å². The van der Waals surface area contributed by atoms with Crippen LogP contribution in [0.2, 0.25) is 0 Å². The zero-order valence-electron chi connectivity index (χ0n) is 10.4. The fourth-order valence-electron chi connectivity index (χ4n) is 2.45. The van der Waals surface area contributed by atoms with Gasteiger partial charge in [-0.1, -0.05) is 6.92 Å². The van der Waals surface area contributed by atoms with Gasteiger partial charge in [-0.3, -0.25) is 4.79 Å². The summed E-state index contributed by atoms with van der Waals surface area (Å²) in [4.78, 5) is 12.0. The molecule has 2 heterocycles. The third-order valence-electron chi connectivity index (χ3n) is 3.46. The predicted molar refractivity (Wildman–Crippen MR) is 63.8 cm³/mol. The van der Waals surface area contributed by atoms with Gasteiger partial charge in [-0.2, -0.15) is 0 Å². The molecular weight excluding hydrogens is 220 g/mol. The highest BCUT2D eigenvalue weighted by Gasteiger charge is 2.32. The Bertz CT molecular complexity index is 254. The minimum atomic E-state index is 0.0246. The average molecular weight is 242 g/mol. The van der Waals surface area contributed by atoms with Crippen molar-refractivity contribution < 1.29 is 14.3 Å². The van der Waals surface area contributed by atoms with Crippen LogP contribution < -0.4 is 10.6 Å². The molecule has 98 valence electrons. The first-order valence-electron chi connectivity index (χ1n) is 6.53. The molecule has 1 amide bonds. The van der Waals surface area contributed by atoms with E-state index in [4.69, 9.17) is 9.47 Å². The maximum Gasteiger partial charge on any atom is 0.225 e. The molecule has 0 bridgehead atoms. The van der Waals surface area contributed by atoms with Crippen molar-refractivity contribution in [3.8, 4) is 0 Å². The molecule has 0 saturated carbocycles. The second-order valence-corrected chi connectivity index (χ2v) is 4.65. The lowest BCUT2D eigenvalue weighted by Gasteiger charge is -2.25. The maximum absolute atomic E-state index is 12.0. The van der Waals surface area contributed by atoms with E-state index in [1.165, 1.54) is 0 Å². The van der Waals surface area contributed by atoms with Gasteiger partial charge in [0.15, 0.2) is 0 Å². The van der Waals surface area contributed by atoms with E-state index >= 15 is 0 Å². The van der Waals surface area contributed by atoms with Crippen LogP contribution in [0.1, 0.15) is 19.8 Å². The summed E-state index contributed by atoms with van der Waals surface area (Å²) in [6.45, 7) is 5.81. The molecule has 0 spiro atoms. The highest BCUT2D eigenvalue weighted by atomic mass is 16.5. The number of hydrogen-bond donors (Lipinski definition) is 2. The van der Waals surface area contributed by atoms with Crippen molar-refractivity contribution in [2.24, 2.45) is 5.92 Å². The molecule has 2 aliphatic rings. The summed E-state index contributed by atoms with van der Waals surface area (Å²) < 4.78 is 11.1. The van der Waals surface area contributed by atoms with E-state index in [9.17, 15) is 4.79 Å². The summed E-state index contributed by atoms with van der Waals surface area (Å²) in [7, 11) is 0. The Morgan fingerprint density at radius 1 is 1.41 bits per heavy atom. The monoisotopic (exact) mass is 242 g/mol. The summed E-state index contributed by atoms with van der Waals surface area (Å²) in [5.41, 5.74) is 0. The van der Waals surface area contributed by atoms with E-state index in [2.05, 4.69) is 17.6 Å². The molecule has 0 aromatic carbocycles. The van der Waals surface area contributed by atoms with E-state index in [0.717, 1.165) is 32.5 Å². The minimum absolute atomic E-state index is 0.0246. The smallest absolute Gasteiger partial charge is 0.225 e. The Kier molecular flexibility index (Phi) is 4.76. The quantitative estimate of drug-likeness (QED) is 0.723. The van der Waals surface area contributed by atoms with Crippen LogP contribution in [-0.2, 0) is 14.3 Å². The van der Waals surface area contributed by atoms with Crippen LogP contribution in [0, 0.1) is 5.92 Å². The second kappa shape index (κ2) is 6.33. The summed E-state index contributed by atoms with van der Waals surface area (Å²) >= 11 is 0. The number of hydrogen-bond acceptors (Lipinski definition) is 4. The van der Waals surface area contributed by atoms with E-state index in [1.54, 1.807) is 0 Å². The standard InChI is InChI=1S/C12H22N2O3/c1-2-11-10(3-5-17-11)12(15)14-8-9-7-13-4-6-16-9/h9-11,13H,2-8H2,1H3,(H,14,15). The van der Waals surface area contributed by atoms with Gasteiger partial charge in [0.05, 0.1) is 24.7 Å². The van der Waals surface area contributed by atoms with Crippen molar-refractivity contribution in [3.63, 3.8) is 0 Å². The number of nitrogens with one attached hydrogen (secondary N) is 2. The first-order chi connectivity index (χ1) is 8.31. The van der Waals surface area contributed by atoms with E-state index in [1.807, 2.05) is 0 Å². The van der Waals surface area contributed by atoms with Crippen LogP contribution >= 0.6 is 0 Å². The third kappa shape index (κ3) is 3.40. The fourth-order valence-corrected chi connectivity index (χ4v) is 2.45. The summed E-state index contributed by atoms with van der Waals surface area (Å²) in [6.07, 6.45) is 1.95. The first-order valence-corrected chi connectivity index (χ1v) is 6.53. The predicted octanol–water partition coefficient (Wildman–Crippen LogP) is -0.0939. The molecule has 2 rings (SSSR count). The molecule has 5 heteroatoms. The van der Waals surface area contributed by atoms with Crippen LogP contribution in [0.3, 0.4) is 0 Å². The minimum Gasteiger partial charge on any atom is -0.377 e. The molecule has 2 saturated heterocycles. The van der Waals surface area contributed by atoms with Gasteiger partial charge in [0, 0.05) is 26.2 Å². The largest absolute Gasteiger partial charge is 0.377 e. The molecule has 0 radical (unpaired) electrons. The van der Waals surface area contributed by atoms with Gasteiger partial charge in [-0.05, 0) is 12.8 Å². The average Bonchev–Trinajstić information content (AvgIpc) is 2.85. The third-order valence-corrected chi connectivity index (χ3v) is 3.46. The second-order valence-electron chi connectivity index (χ2n) is 4.65. The van der Waals surface area contributed by atoms with Crippen molar-refractivity contribution in [3.05, 3.63) is 0 Å². The Labute approximate surface area is 102 Å². The van der Waals surface area contributed by atoms with Gasteiger partial charge in [-0.25, -0.2) is 0 Å². The molecule has 2 N–H and O–H groups in total.